The largest absolute Gasteiger partial charge is 0.452 e. The summed E-state index contributed by atoms with van der Waals surface area (Å²) in [6.45, 7) is 1.31. The molecule has 1 atom stereocenters. The zero-order chi connectivity index (χ0) is 11.4. The van der Waals surface area contributed by atoms with Crippen molar-refractivity contribution in [2.24, 2.45) is 0 Å². The summed E-state index contributed by atoms with van der Waals surface area (Å²) in [7, 11) is 0. The van der Waals surface area contributed by atoms with E-state index in [-0.39, 0.29) is 17.2 Å². The summed E-state index contributed by atoms with van der Waals surface area (Å²) >= 11 is 5.70. The van der Waals surface area contributed by atoms with Crippen molar-refractivity contribution in [1.82, 2.24) is 5.32 Å². The van der Waals surface area contributed by atoms with E-state index < -0.39 is 0 Å². The molecule has 2 heterocycles. The number of hydrogen-bond donors (Lipinski definition) is 1. The summed E-state index contributed by atoms with van der Waals surface area (Å²) in [5, 5.41) is 2.91. The third-order valence-electron chi connectivity index (χ3n) is 2.63. The molecule has 0 saturated carbocycles. The average molecular weight is 244 g/mol. The standard InChI is InChI=1S/C11H14ClNO3/c12-10-9(4-6-16-10)11(14)13-7-8-3-1-2-5-15-8/h4,6,8H,1-3,5,7H2,(H,13,14). The van der Waals surface area contributed by atoms with Gasteiger partial charge in [-0.2, -0.15) is 0 Å². The van der Waals surface area contributed by atoms with Gasteiger partial charge in [0.1, 0.15) is 0 Å². The summed E-state index contributed by atoms with van der Waals surface area (Å²) in [5.74, 6) is -0.215. The van der Waals surface area contributed by atoms with Crippen LogP contribution in [0.15, 0.2) is 16.7 Å². The first kappa shape index (κ1) is 11.5. The van der Waals surface area contributed by atoms with E-state index in [1.165, 1.54) is 6.26 Å². The Kier molecular flexibility index (Phi) is 3.85. The quantitative estimate of drug-likeness (QED) is 0.886. The van der Waals surface area contributed by atoms with Gasteiger partial charge < -0.3 is 14.5 Å². The summed E-state index contributed by atoms with van der Waals surface area (Å²) < 4.78 is 10.4. The van der Waals surface area contributed by atoms with Gasteiger partial charge in [-0.1, -0.05) is 0 Å². The minimum Gasteiger partial charge on any atom is -0.452 e. The van der Waals surface area contributed by atoms with Gasteiger partial charge in [0, 0.05) is 13.2 Å². The van der Waals surface area contributed by atoms with Gasteiger partial charge in [0.25, 0.3) is 5.91 Å². The first-order valence-corrected chi connectivity index (χ1v) is 5.78. The molecule has 1 fully saturated rings. The van der Waals surface area contributed by atoms with Gasteiger partial charge in [-0.3, -0.25) is 4.79 Å². The lowest BCUT2D eigenvalue weighted by Crippen LogP contribution is -2.35. The molecule has 0 aromatic carbocycles. The lowest BCUT2D eigenvalue weighted by atomic mass is 10.1. The van der Waals surface area contributed by atoms with Crippen molar-refractivity contribution in [3.8, 4) is 0 Å². The van der Waals surface area contributed by atoms with Crippen molar-refractivity contribution in [1.29, 1.82) is 0 Å². The highest BCUT2D eigenvalue weighted by Gasteiger charge is 2.17. The Morgan fingerprint density at radius 2 is 2.44 bits per heavy atom. The van der Waals surface area contributed by atoms with E-state index in [4.69, 9.17) is 20.8 Å². The van der Waals surface area contributed by atoms with Crippen molar-refractivity contribution < 1.29 is 13.9 Å². The molecule has 1 aromatic heterocycles. The minimum absolute atomic E-state index is 0.127. The smallest absolute Gasteiger partial charge is 0.256 e. The molecular formula is C11H14ClNO3. The van der Waals surface area contributed by atoms with Crippen molar-refractivity contribution in [2.45, 2.75) is 25.4 Å². The number of hydrogen-bond acceptors (Lipinski definition) is 3. The van der Waals surface area contributed by atoms with Crippen LogP contribution in [-0.4, -0.2) is 25.2 Å². The highest BCUT2D eigenvalue weighted by Crippen LogP contribution is 2.16. The maximum atomic E-state index is 11.7. The molecule has 1 aliphatic heterocycles. The van der Waals surface area contributed by atoms with Gasteiger partial charge in [-0.05, 0) is 36.9 Å². The highest BCUT2D eigenvalue weighted by atomic mass is 35.5. The summed E-state index contributed by atoms with van der Waals surface area (Å²) in [6.07, 6.45) is 4.79. The van der Waals surface area contributed by atoms with Gasteiger partial charge in [0.2, 0.25) is 5.22 Å². The van der Waals surface area contributed by atoms with Crippen LogP contribution in [0.4, 0.5) is 0 Å². The Morgan fingerprint density at radius 3 is 3.06 bits per heavy atom. The zero-order valence-corrected chi connectivity index (χ0v) is 9.63. The Balaban J connectivity index is 1.81. The maximum absolute atomic E-state index is 11.7. The van der Waals surface area contributed by atoms with Gasteiger partial charge in [0.05, 0.1) is 17.9 Å². The summed E-state index contributed by atoms with van der Waals surface area (Å²) in [5.41, 5.74) is 0.373. The van der Waals surface area contributed by atoms with Crippen LogP contribution in [0.3, 0.4) is 0 Å². The van der Waals surface area contributed by atoms with E-state index >= 15 is 0 Å². The average Bonchev–Trinajstić information content (AvgIpc) is 2.74. The third-order valence-corrected chi connectivity index (χ3v) is 2.92. The summed E-state index contributed by atoms with van der Waals surface area (Å²) in [6, 6.07) is 1.55. The molecule has 1 saturated heterocycles. The number of carbonyl (C=O) groups excluding carboxylic acids is 1. The molecule has 1 aliphatic rings. The molecule has 88 valence electrons. The van der Waals surface area contributed by atoms with Crippen molar-refractivity contribution in [2.75, 3.05) is 13.2 Å². The van der Waals surface area contributed by atoms with Crippen LogP contribution in [0, 0.1) is 0 Å². The van der Waals surface area contributed by atoms with Crippen molar-refractivity contribution >= 4 is 17.5 Å². The molecule has 16 heavy (non-hydrogen) atoms. The lowest BCUT2D eigenvalue weighted by molar-refractivity contribution is 0.0169. The first-order chi connectivity index (χ1) is 7.77. The molecule has 2 rings (SSSR count). The van der Waals surface area contributed by atoms with E-state index in [2.05, 4.69) is 5.32 Å². The van der Waals surface area contributed by atoms with Gasteiger partial charge in [-0.25, -0.2) is 0 Å². The third kappa shape index (κ3) is 2.77. The Bertz CT molecular complexity index is 358. The zero-order valence-electron chi connectivity index (χ0n) is 8.87. The Hall–Kier alpha value is -1.00. The number of rotatable bonds is 3. The number of ether oxygens (including phenoxy) is 1. The molecule has 1 unspecified atom stereocenters. The maximum Gasteiger partial charge on any atom is 0.256 e. The van der Waals surface area contributed by atoms with Crippen LogP contribution in [0.2, 0.25) is 5.22 Å². The molecule has 1 amide bonds. The number of amides is 1. The second-order valence-corrected chi connectivity index (χ2v) is 4.15. The van der Waals surface area contributed by atoms with Gasteiger partial charge in [-0.15, -0.1) is 0 Å². The fourth-order valence-corrected chi connectivity index (χ4v) is 1.93. The predicted molar refractivity (Wildman–Crippen MR) is 59.6 cm³/mol. The molecule has 5 heteroatoms. The fourth-order valence-electron chi connectivity index (χ4n) is 1.73. The van der Waals surface area contributed by atoms with Gasteiger partial charge >= 0.3 is 0 Å². The number of furan rings is 1. The molecular weight excluding hydrogens is 230 g/mol. The monoisotopic (exact) mass is 243 g/mol. The number of carbonyl (C=O) groups is 1. The van der Waals surface area contributed by atoms with Crippen LogP contribution < -0.4 is 5.32 Å². The molecule has 0 radical (unpaired) electrons. The second-order valence-electron chi connectivity index (χ2n) is 3.81. The van der Waals surface area contributed by atoms with E-state index in [0.29, 0.717) is 12.1 Å². The number of halogens is 1. The normalized spacial score (nSPS) is 20.7. The predicted octanol–water partition coefficient (Wildman–Crippen LogP) is 2.23. The Morgan fingerprint density at radius 1 is 1.56 bits per heavy atom. The van der Waals surface area contributed by atoms with E-state index in [1.54, 1.807) is 6.07 Å². The first-order valence-electron chi connectivity index (χ1n) is 5.40. The molecule has 4 nitrogen and oxygen atoms in total. The van der Waals surface area contributed by atoms with E-state index in [9.17, 15) is 4.79 Å². The molecule has 1 aromatic rings. The highest BCUT2D eigenvalue weighted by molar-refractivity contribution is 6.32. The lowest BCUT2D eigenvalue weighted by Gasteiger charge is -2.22. The molecule has 0 aliphatic carbocycles. The molecule has 0 bridgehead atoms. The van der Waals surface area contributed by atoms with Crippen molar-refractivity contribution in [3.05, 3.63) is 23.1 Å². The summed E-state index contributed by atoms with van der Waals surface area (Å²) in [4.78, 5) is 11.7. The SMILES string of the molecule is O=C(NCC1CCCCO1)c1ccoc1Cl. The van der Waals surface area contributed by atoms with Crippen molar-refractivity contribution in [3.63, 3.8) is 0 Å². The van der Waals surface area contributed by atoms with Crippen LogP contribution in [0.5, 0.6) is 0 Å². The minimum atomic E-state index is -0.215. The van der Waals surface area contributed by atoms with Crippen LogP contribution in [0.1, 0.15) is 29.6 Å². The van der Waals surface area contributed by atoms with Crippen LogP contribution in [-0.2, 0) is 4.74 Å². The molecule has 0 spiro atoms. The Labute approximate surface area is 98.9 Å². The van der Waals surface area contributed by atoms with Crippen LogP contribution in [0.25, 0.3) is 0 Å². The molecule has 1 N–H and O–H groups in total. The fraction of sp³-hybridized carbons (Fsp3) is 0.545. The van der Waals surface area contributed by atoms with Crippen LogP contribution >= 0.6 is 11.6 Å². The van der Waals surface area contributed by atoms with E-state index in [0.717, 1.165) is 25.9 Å². The number of nitrogens with one attached hydrogen (secondary N) is 1. The van der Waals surface area contributed by atoms with E-state index in [1.807, 2.05) is 0 Å². The topological polar surface area (TPSA) is 51.5 Å². The van der Waals surface area contributed by atoms with Gasteiger partial charge in [0.15, 0.2) is 0 Å². The second kappa shape index (κ2) is 5.37.